The quantitative estimate of drug-likeness (QED) is 0.130. The van der Waals surface area contributed by atoms with E-state index >= 15 is 0 Å². The first-order chi connectivity index (χ1) is 41.9. The van der Waals surface area contributed by atoms with Gasteiger partial charge in [-0.25, -0.2) is 0 Å². The van der Waals surface area contributed by atoms with Crippen molar-refractivity contribution in [1.82, 2.24) is 0 Å². The average Bonchev–Trinajstić information content (AvgIpc) is 2.16. The van der Waals surface area contributed by atoms with E-state index in [0.29, 0.717) is 128 Å². The summed E-state index contributed by atoms with van der Waals surface area (Å²) in [4.78, 5) is 20.4. The predicted molar refractivity (Wildman–Crippen MR) is 352 cm³/mol. The Balaban J connectivity index is 1.04. The van der Waals surface area contributed by atoms with E-state index in [-0.39, 0.29) is 68.8 Å². The number of fused-ring (bicyclic) bond motifs is 10. The van der Waals surface area contributed by atoms with Crippen molar-refractivity contribution in [2.24, 2.45) is 20.0 Å². The number of aromatic hydroxyl groups is 4. The fraction of sp³-hybridized carbons (Fsp3) is 0.611. The van der Waals surface area contributed by atoms with Gasteiger partial charge in [0.15, 0.2) is 0 Å². The summed E-state index contributed by atoms with van der Waals surface area (Å²) in [5, 5.41) is 46.5. The Morgan fingerprint density at radius 3 is 0.648 bits per heavy atom. The highest BCUT2D eigenvalue weighted by molar-refractivity contribution is 5.87. The van der Waals surface area contributed by atoms with Gasteiger partial charge in [0.2, 0.25) is 0 Å². The Kier molecular flexibility index (Phi) is 26.2. The van der Waals surface area contributed by atoms with E-state index in [9.17, 15) is 20.4 Å². The van der Waals surface area contributed by atoms with Crippen LogP contribution in [0.3, 0.4) is 0 Å². The number of phenols is 4. The highest BCUT2D eigenvalue weighted by atomic mass is 16.6. The van der Waals surface area contributed by atoms with Crippen LogP contribution >= 0.6 is 0 Å². The topological polar surface area (TPSA) is 204 Å². The number of benzene rings is 4. The van der Waals surface area contributed by atoms with E-state index in [1.165, 1.54) is 0 Å². The summed E-state index contributed by atoms with van der Waals surface area (Å²) >= 11 is 0. The van der Waals surface area contributed by atoms with Crippen LogP contribution in [-0.4, -0.2) is 149 Å². The molecule has 0 amide bonds. The molecule has 4 aromatic carbocycles. The minimum absolute atomic E-state index is 0.104. The van der Waals surface area contributed by atoms with Crippen LogP contribution in [0.15, 0.2) is 68.5 Å². The summed E-state index contributed by atoms with van der Waals surface area (Å²) in [5.74, 6) is 0.838. The van der Waals surface area contributed by atoms with Gasteiger partial charge in [0.25, 0.3) is 0 Å². The summed E-state index contributed by atoms with van der Waals surface area (Å²) in [7, 11) is 0. The second-order valence-corrected chi connectivity index (χ2v) is 27.9. The lowest BCUT2D eigenvalue weighted by Gasteiger charge is -2.26. The van der Waals surface area contributed by atoms with Crippen molar-refractivity contribution in [3.63, 3.8) is 0 Å². The maximum absolute atomic E-state index is 11.6. The Labute approximate surface area is 525 Å². The Bertz CT molecular complexity index is 2580. The largest absolute Gasteiger partial charge is 0.507 e. The first-order valence-corrected chi connectivity index (χ1v) is 32.1. The molecule has 0 saturated heterocycles. The Hall–Kier alpha value is -5.56. The molecule has 0 aromatic heterocycles. The molecule has 8 bridgehead atoms. The summed E-state index contributed by atoms with van der Waals surface area (Å²) in [5.41, 5.74) is 8.21. The van der Waals surface area contributed by atoms with Gasteiger partial charge in [-0.1, -0.05) is 109 Å². The van der Waals surface area contributed by atoms with Crippen LogP contribution in [0.4, 0.5) is 0 Å². The summed E-state index contributed by atoms with van der Waals surface area (Å²) < 4.78 is 47.8. The van der Waals surface area contributed by atoms with E-state index in [0.717, 1.165) is 95.9 Å². The van der Waals surface area contributed by atoms with Gasteiger partial charge in [-0.15, -0.1) is 0 Å². The van der Waals surface area contributed by atoms with Crippen molar-refractivity contribution in [3.8, 4) is 23.0 Å². The first kappa shape index (κ1) is 69.9. The van der Waals surface area contributed by atoms with Crippen molar-refractivity contribution >= 4 is 24.9 Å². The van der Waals surface area contributed by atoms with E-state index in [1.54, 1.807) is 24.9 Å². The van der Waals surface area contributed by atoms with Crippen LogP contribution in [0.2, 0.25) is 0 Å². The third kappa shape index (κ3) is 21.3. The fourth-order valence-electron chi connectivity index (χ4n) is 11.3. The molecule has 1 heterocycles. The van der Waals surface area contributed by atoms with Crippen molar-refractivity contribution in [2.45, 2.75) is 207 Å². The minimum atomic E-state index is -0.332. The number of rotatable bonds is 0. The summed E-state index contributed by atoms with van der Waals surface area (Å²) in [6.07, 6.45) is 14.7. The number of phenolic OH excluding ortho intramolecular Hbond substituents is 4. The molecule has 2 fully saturated rings. The van der Waals surface area contributed by atoms with Gasteiger partial charge in [-0.05, 0) is 118 Å². The van der Waals surface area contributed by atoms with Gasteiger partial charge in [0, 0.05) is 69.4 Å². The van der Waals surface area contributed by atoms with Crippen molar-refractivity contribution < 1.29 is 58.3 Å². The molecule has 3 aliphatic rings. The van der Waals surface area contributed by atoms with Crippen molar-refractivity contribution in [1.29, 1.82) is 0 Å². The van der Waals surface area contributed by atoms with Crippen LogP contribution in [0.5, 0.6) is 23.0 Å². The van der Waals surface area contributed by atoms with E-state index in [2.05, 4.69) is 83.1 Å². The van der Waals surface area contributed by atoms with E-state index in [4.69, 9.17) is 57.9 Å². The molecule has 4 atom stereocenters. The zero-order chi connectivity index (χ0) is 63.5. The van der Waals surface area contributed by atoms with Crippen LogP contribution in [-0.2, 0) is 86.0 Å². The van der Waals surface area contributed by atoms with Crippen LogP contribution in [0.25, 0.3) is 0 Å². The Morgan fingerprint density at radius 1 is 0.284 bits per heavy atom. The maximum Gasteiger partial charge on any atom is 0.128 e. The molecular weight excluding hydrogens is 1110 g/mol. The number of nitrogens with zero attached hydrogens (tertiary/aromatic N) is 4. The lowest BCUT2D eigenvalue weighted by molar-refractivity contribution is -0.00621. The molecular formula is C72H104N4O12. The van der Waals surface area contributed by atoms with E-state index < -0.39 is 0 Å². The van der Waals surface area contributed by atoms with Gasteiger partial charge < -0.3 is 58.3 Å². The van der Waals surface area contributed by atoms with Gasteiger partial charge in [-0.3, -0.25) is 20.0 Å². The molecule has 4 N–H and O–H groups in total. The SMILES string of the molecule is CC(C)(C)c1cc2cc(c1O)C=N[C@@H]1CCCC[C@H]1N=Cc1cc(cc(C(C)(C)C)c1O)COCCOCCOCCOCc1cc(c(O)c(C(C)(C)C)c1)C=N[C@@H]1CCCC[C@H]1N=Cc1cc(cc(C(C)(C)C)c1O)COCCOCCOCCOC2. The van der Waals surface area contributed by atoms with Crippen molar-refractivity contribution in [3.05, 3.63) is 115 Å². The van der Waals surface area contributed by atoms with Crippen LogP contribution in [0.1, 0.15) is 201 Å². The van der Waals surface area contributed by atoms with Gasteiger partial charge in [-0.2, -0.15) is 0 Å². The molecule has 88 heavy (non-hydrogen) atoms. The highest BCUT2D eigenvalue weighted by Crippen LogP contribution is 2.39. The van der Waals surface area contributed by atoms with Gasteiger partial charge in [0.1, 0.15) is 23.0 Å². The predicted octanol–water partition coefficient (Wildman–Crippen LogP) is 13.2. The normalized spacial score (nSPS) is 21.8. The molecule has 2 aliphatic carbocycles. The van der Waals surface area contributed by atoms with E-state index in [1.807, 2.05) is 48.5 Å². The first-order valence-electron chi connectivity index (χ1n) is 32.1. The zero-order valence-corrected chi connectivity index (χ0v) is 55.1. The summed E-state index contributed by atoms with van der Waals surface area (Å²) in [6, 6.07) is 15.4. The number of hydrogen-bond donors (Lipinski definition) is 4. The number of hydrogen-bond acceptors (Lipinski definition) is 16. The molecule has 2 saturated carbocycles. The molecule has 484 valence electrons. The molecule has 7 rings (SSSR count). The smallest absolute Gasteiger partial charge is 0.128 e. The molecule has 16 nitrogen and oxygen atoms in total. The molecule has 1 aliphatic heterocycles. The number of aliphatic imine (C=N–C) groups is 4. The Morgan fingerprint density at radius 2 is 0.466 bits per heavy atom. The minimum Gasteiger partial charge on any atom is -0.507 e. The second kappa shape index (κ2) is 33.0. The molecule has 16 heteroatoms. The highest BCUT2D eigenvalue weighted by Gasteiger charge is 2.29. The molecule has 0 radical (unpaired) electrons. The van der Waals surface area contributed by atoms with Crippen LogP contribution < -0.4 is 0 Å². The standard InChI is InChI=1S/C72H104N4O12/c1-69(2,3)57-37-49-33-53(65(57)77)41-73-61-17-13-14-18-62(61)74-42-54-34-50(38-58(66(54)78)70(4,5)6)46-87-31-27-83-23-24-84-28-32-88-48-52-36-56(68(80)60(40-52)72(10,11)12)44-76-64-20-16-15-19-63(64)75-43-55-35-51(39-59(67(55)79)71(7,8)9)47-86-30-26-82-22-21-81-25-29-85-45-49/h33-44,61-64,77-80H,13-32,45-48H2,1-12H3/t61-,62-,63-,64-/m1/s1. The maximum atomic E-state index is 11.6. The monoisotopic (exact) mass is 1220 g/mol. The van der Waals surface area contributed by atoms with Gasteiger partial charge >= 0.3 is 0 Å². The summed E-state index contributed by atoms with van der Waals surface area (Å²) in [6.45, 7) is 31.1. The molecule has 4 aromatic rings. The third-order valence-corrected chi connectivity index (χ3v) is 16.3. The zero-order valence-electron chi connectivity index (χ0n) is 55.1. The van der Waals surface area contributed by atoms with Crippen LogP contribution in [0, 0.1) is 0 Å². The lowest BCUT2D eigenvalue weighted by atomic mass is 9.84. The fourth-order valence-corrected chi connectivity index (χ4v) is 11.3. The number of ether oxygens (including phenoxy) is 8. The van der Waals surface area contributed by atoms with Gasteiger partial charge in [0.05, 0.1) is 130 Å². The average molecular weight is 1220 g/mol. The lowest BCUT2D eigenvalue weighted by Crippen LogP contribution is -2.27. The third-order valence-electron chi connectivity index (χ3n) is 16.3. The van der Waals surface area contributed by atoms with Crippen molar-refractivity contribution in [2.75, 3.05) is 79.3 Å². The molecule has 0 unspecified atom stereocenters. The molecule has 0 spiro atoms. The second-order valence-electron chi connectivity index (χ2n) is 27.9.